The summed E-state index contributed by atoms with van der Waals surface area (Å²) in [5.41, 5.74) is 1.13. The van der Waals surface area contributed by atoms with E-state index in [1.54, 1.807) is 6.08 Å². The van der Waals surface area contributed by atoms with Gasteiger partial charge in [-0.25, -0.2) is 0 Å². The zero-order valence-electron chi connectivity index (χ0n) is 7.58. The van der Waals surface area contributed by atoms with Crippen molar-refractivity contribution in [3.05, 3.63) is 23.8 Å². The van der Waals surface area contributed by atoms with Crippen LogP contribution in [-0.2, 0) is 9.53 Å². The van der Waals surface area contributed by atoms with Crippen LogP contribution < -0.4 is 0 Å². The van der Waals surface area contributed by atoms with Gasteiger partial charge in [0, 0.05) is 19.1 Å². The zero-order valence-corrected chi connectivity index (χ0v) is 7.58. The van der Waals surface area contributed by atoms with Crippen molar-refractivity contribution in [3.63, 3.8) is 0 Å². The summed E-state index contributed by atoms with van der Waals surface area (Å²) in [4.78, 5) is 11.1. The molecule has 0 N–H and O–H groups in total. The number of allylic oxidation sites excluding steroid dienone is 3. The molecule has 2 heteroatoms. The van der Waals surface area contributed by atoms with E-state index in [4.69, 9.17) is 4.74 Å². The molecule has 0 saturated carbocycles. The minimum absolute atomic E-state index is 0.0756. The summed E-state index contributed by atoms with van der Waals surface area (Å²) < 4.78 is 5.60. The van der Waals surface area contributed by atoms with Crippen LogP contribution in [0.5, 0.6) is 0 Å². The van der Waals surface area contributed by atoms with E-state index in [1.807, 2.05) is 6.08 Å². The van der Waals surface area contributed by atoms with E-state index in [2.05, 4.69) is 6.08 Å². The second-order valence-electron chi connectivity index (χ2n) is 3.51. The van der Waals surface area contributed by atoms with Crippen molar-refractivity contribution in [2.45, 2.75) is 31.8 Å². The second kappa shape index (κ2) is 3.88. The van der Waals surface area contributed by atoms with E-state index < -0.39 is 0 Å². The Kier molecular flexibility index (Phi) is 2.60. The maximum absolute atomic E-state index is 11.1. The van der Waals surface area contributed by atoms with E-state index in [0.717, 1.165) is 25.0 Å². The first-order chi connectivity index (χ1) is 6.36. The number of hydrogen-bond donors (Lipinski definition) is 0. The Morgan fingerprint density at radius 2 is 2.38 bits per heavy atom. The first-order valence-corrected chi connectivity index (χ1v) is 4.79. The molecular formula is C11H13O2. The summed E-state index contributed by atoms with van der Waals surface area (Å²) >= 11 is 0. The molecule has 1 unspecified atom stereocenters. The predicted octanol–water partition coefficient (Wildman–Crippen LogP) is 1.81. The van der Waals surface area contributed by atoms with E-state index in [9.17, 15) is 4.79 Å². The Morgan fingerprint density at radius 1 is 1.46 bits per heavy atom. The third-order valence-electron chi connectivity index (χ3n) is 2.50. The molecule has 1 fully saturated rings. The highest BCUT2D eigenvalue weighted by Gasteiger charge is 2.20. The number of hydrogen-bond acceptors (Lipinski definition) is 2. The number of rotatable bonds is 1. The molecule has 13 heavy (non-hydrogen) atoms. The molecule has 2 nitrogen and oxygen atoms in total. The molecule has 0 spiro atoms. The molecular weight excluding hydrogens is 164 g/mol. The summed E-state index contributed by atoms with van der Waals surface area (Å²) in [6, 6.07) is 0. The zero-order chi connectivity index (χ0) is 9.10. The van der Waals surface area contributed by atoms with Gasteiger partial charge in [0.2, 0.25) is 0 Å². The van der Waals surface area contributed by atoms with Gasteiger partial charge in [-0.05, 0) is 24.8 Å². The maximum atomic E-state index is 11.1. The average molecular weight is 177 g/mol. The largest absolute Gasteiger partial charge is 0.374 e. The van der Waals surface area contributed by atoms with Crippen LogP contribution in [0.2, 0.25) is 0 Å². The molecule has 69 valence electrons. The molecule has 1 aliphatic carbocycles. The Balaban J connectivity index is 2.02. The highest BCUT2D eigenvalue weighted by molar-refractivity contribution is 5.89. The standard InChI is InChI=1S/C11H13O2/c12-10-5-3-4-9(8-10)11-6-1-2-7-13-11/h3-4,11H,1-2,6-8H2. The van der Waals surface area contributed by atoms with Crippen molar-refractivity contribution in [1.29, 1.82) is 0 Å². The molecule has 0 aromatic carbocycles. The minimum atomic E-state index is 0.0756. The fourth-order valence-corrected chi connectivity index (χ4v) is 1.79. The fraction of sp³-hybridized carbons (Fsp3) is 0.545. The molecule has 1 saturated heterocycles. The van der Waals surface area contributed by atoms with E-state index >= 15 is 0 Å². The first kappa shape index (κ1) is 8.70. The van der Waals surface area contributed by atoms with Crippen molar-refractivity contribution in [2.24, 2.45) is 0 Å². The monoisotopic (exact) mass is 177 g/mol. The van der Waals surface area contributed by atoms with Crippen molar-refractivity contribution < 1.29 is 9.53 Å². The molecule has 0 aromatic heterocycles. The van der Waals surface area contributed by atoms with E-state index in [1.165, 1.54) is 6.42 Å². The molecule has 1 aliphatic heterocycles. The van der Waals surface area contributed by atoms with Crippen molar-refractivity contribution >= 4 is 5.78 Å². The Hall–Kier alpha value is -0.890. The number of ketones is 1. The topological polar surface area (TPSA) is 26.3 Å². The summed E-state index contributed by atoms with van der Waals surface area (Å²) in [5.74, 6) is 0.0756. The van der Waals surface area contributed by atoms with Crippen LogP contribution in [0.15, 0.2) is 17.7 Å². The quantitative estimate of drug-likeness (QED) is 0.610. The van der Waals surface area contributed by atoms with Gasteiger partial charge in [0.1, 0.15) is 0 Å². The highest BCUT2D eigenvalue weighted by Crippen LogP contribution is 2.23. The van der Waals surface area contributed by atoms with Gasteiger partial charge in [-0.2, -0.15) is 0 Å². The summed E-state index contributed by atoms with van der Waals surface area (Å²) in [6.07, 6.45) is 10.5. The highest BCUT2D eigenvalue weighted by atomic mass is 16.5. The molecule has 2 rings (SSSR count). The Bertz CT molecular complexity index is 257. The van der Waals surface area contributed by atoms with Crippen LogP contribution in [-0.4, -0.2) is 18.5 Å². The van der Waals surface area contributed by atoms with Gasteiger partial charge in [0.25, 0.3) is 0 Å². The summed E-state index contributed by atoms with van der Waals surface area (Å²) in [7, 11) is 0. The first-order valence-electron chi connectivity index (χ1n) is 4.79. The van der Waals surface area contributed by atoms with Crippen LogP contribution in [0, 0.1) is 6.08 Å². The SMILES string of the molecule is O=C1[C]=CC=C(C2CCCCO2)C1. The van der Waals surface area contributed by atoms with Crippen LogP contribution in [0.1, 0.15) is 25.7 Å². The molecule has 1 atom stereocenters. The Morgan fingerprint density at radius 3 is 3.08 bits per heavy atom. The van der Waals surface area contributed by atoms with Gasteiger partial charge in [-0.1, -0.05) is 12.2 Å². The third-order valence-corrected chi connectivity index (χ3v) is 2.50. The summed E-state index contributed by atoms with van der Waals surface area (Å²) in [6.45, 7) is 0.837. The number of Topliss-reactive ketones (excluding diaryl/α,β-unsaturated/α-hetero) is 1. The lowest BCUT2D eigenvalue weighted by molar-refractivity contribution is -0.115. The molecule has 2 aliphatic rings. The molecule has 1 heterocycles. The fourth-order valence-electron chi connectivity index (χ4n) is 1.79. The van der Waals surface area contributed by atoms with Crippen molar-refractivity contribution in [1.82, 2.24) is 0 Å². The van der Waals surface area contributed by atoms with Gasteiger partial charge in [-0.15, -0.1) is 0 Å². The molecule has 0 aromatic rings. The summed E-state index contributed by atoms with van der Waals surface area (Å²) in [5, 5.41) is 0. The van der Waals surface area contributed by atoms with Crippen molar-refractivity contribution in [3.8, 4) is 0 Å². The van der Waals surface area contributed by atoms with Gasteiger partial charge < -0.3 is 4.74 Å². The van der Waals surface area contributed by atoms with Crippen molar-refractivity contribution in [2.75, 3.05) is 6.61 Å². The molecule has 1 radical (unpaired) electrons. The molecule has 0 bridgehead atoms. The normalized spacial score (nSPS) is 28.8. The van der Waals surface area contributed by atoms with Gasteiger partial charge in [0.15, 0.2) is 5.78 Å². The third kappa shape index (κ3) is 2.07. The minimum Gasteiger partial charge on any atom is -0.374 e. The van der Waals surface area contributed by atoms with Crippen LogP contribution in [0.3, 0.4) is 0 Å². The van der Waals surface area contributed by atoms with Gasteiger partial charge in [-0.3, -0.25) is 4.79 Å². The lowest BCUT2D eigenvalue weighted by Crippen LogP contribution is -2.23. The number of carbonyl (C=O) groups excluding carboxylic acids is 1. The second-order valence-corrected chi connectivity index (χ2v) is 3.51. The lowest BCUT2D eigenvalue weighted by atomic mass is 9.94. The predicted molar refractivity (Wildman–Crippen MR) is 49.1 cm³/mol. The number of ether oxygens (including phenoxy) is 1. The van der Waals surface area contributed by atoms with Crippen LogP contribution >= 0.6 is 0 Å². The number of carbonyl (C=O) groups is 1. The van der Waals surface area contributed by atoms with Crippen LogP contribution in [0.25, 0.3) is 0 Å². The van der Waals surface area contributed by atoms with Gasteiger partial charge in [0.05, 0.1) is 6.10 Å². The van der Waals surface area contributed by atoms with Gasteiger partial charge >= 0.3 is 0 Å². The van der Waals surface area contributed by atoms with Crippen LogP contribution in [0.4, 0.5) is 0 Å². The average Bonchev–Trinajstić information content (AvgIpc) is 2.19. The maximum Gasteiger partial charge on any atom is 0.167 e. The van der Waals surface area contributed by atoms with E-state index in [-0.39, 0.29) is 11.9 Å². The Labute approximate surface area is 78.3 Å². The molecule has 0 amide bonds. The van der Waals surface area contributed by atoms with E-state index in [0.29, 0.717) is 6.42 Å². The smallest absolute Gasteiger partial charge is 0.167 e. The lowest BCUT2D eigenvalue weighted by Gasteiger charge is -2.25.